The standard InChI is InChI=1S/C24H36F2N4O5S/c1-16(24(31,13-29-15-27-14-28-29)21-8-5-18(25)10-22(21)26)36-20-11-34-23(35-12-20)9-4-17-2-6-19(7-3-17)30(32)33/h4,9,14-23,31H,2-3,5-8,10-13H2,1H3/b9-4+. The molecule has 0 spiro atoms. The van der Waals surface area contributed by atoms with Gasteiger partial charge in [0, 0.05) is 35.4 Å². The number of hydrogen-bond acceptors (Lipinski definition) is 8. The van der Waals surface area contributed by atoms with E-state index in [2.05, 4.69) is 10.1 Å². The minimum absolute atomic E-state index is 0.0574. The first-order chi connectivity index (χ1) is 17.2. The lowest BCUT2D eigenvalue weighted by Crippen LogP contribution is -2.55. The van der Waals surface area contributed by atoms with Crippen molar-refractivity contribution in [3.8, 4) is 0 Å². The zero-order chi connectivity index (χ0) is 25.7. The molecule has 36 heavy (non-hydrogen) atoms. The van der Waals surface area contributed by atoms with Gasteiger partial charge >= 0.3 is 0 Å². The van der Waals surface area contributed by atoms with Crippen LogP contribution in [-0.2, 0) is 16.0 Å². The summed E-state index contributed by atoms with van der Waals surface area (Å²) in [5.74, 6) is -0.414. The largest absolute Gasteiger partial charge is 0.386 e. The molecule has 2 saturated carbocycles. The number of halogens is 2. The molecule has 9 nitrogen and oxygen atoms in total. The Balaban J connectivity index is 1.30. The summed E-state index contributed by atoms with van der Waals surface area (Å²) in [4.78, 5) is 14.7. The fourth-order valence-corrected chi connectivity index (χ4v) is 6.98. The molecule has 0 bridgehead atoms. The van der Waals surface area contributed by atoms with E-state index in [4.69, 9.17) is 9.47 Å². The third-order valence-electron chi connectivity index (χ3n) is 7.81. The second kappa shape index (κ2) is 12.3. The number of aliphatic hydroxyl groups is 1. The van der Waals surface area contributed by atoms with Gasteiger partial charge in [-0.05, 0) is 37.7 Å². The van der Waals surface area contributed by atoms with Gasteiger partial charge in [0.05, 0.1) is 25.0 Å². The van der Waals surface area contributed by atoms with Crippen molar-refractivity contribution >= 4 is 11.8 Å². The number of hydrogen-bond donors (Lipinski definition) is 1. The average molecular weight is 531 g/mol. The van der Waals surface area contributed by atoms with E-state index in [-0.39, 0.29) is 41.2 Å². The van der Waals surface area contributed by atoms with Crippen LogP contribution in [0.15, 0.2) is 24.8 Å². The Hall–Kier alpha value is -1.63. The van der Waals surface area contributed by atoms with Gasteiger partial charge in [-0.1, -0.05) is 13.0 Å². The minimum atomic E-state index is -1.45. The smallest absolute Gasteiger partial charge is 0.213 e. The van der Waals surface area contributed by atoms with Crippen molar-refractivity contribution in [2.75, 3.05) is 13.2 Å². The number of nitrogens with zero attached hydrogens (tertiary/aromatic N) is 4. The van der Waals surface area contributed by atoms with E-state index >= 15 is 0 Å². The molecule has 2 aliphatic carbocycles. The van der Waals surface area contributed by atoms with Crippen molar-refractivity contribution in [1.29, 1.82) is 0 Å². The minimum Gasteiger partial charge on any atom is -0.386 e. The molecule has 0 radical (unpaired) electrons. The molecular formula is C24H36F2N4O5S. The number of nitro groups is 1. The van der Waals surface area contributed by atoms with Gasteiger partial charge in [-0.15, -0.1) is 11.8 Å². The molecule has 0 amide bonds. The van der Waals surface area contributed by atoms with Crippen LogP contribution in [0.3, 0.4) is 0 Å². The van der Waals surface area contributed by atoms with E-state index in [1.54, 1.807) is 0 Å². The van der Waals surface area contributed by atoms with Gasteiger partial charge in [-0.2, -0.15) is 5.10 Å². The van der Waals surface area contributed by atoms with Crippen LogP contribution in [0, 0.1) is 22.0 Å². The highest BCUT2D eigenvalue weighted by Gasteiger charge is 2.49. The van der Waals surface area contributed by atoms with Gasteiger partial charge in [-0.25, -0.2) is 13.8 Å². The number of ether oxygens (including phenoxy) is 2. The summed E-state index contributed by atoms with van der Waals surface area (Å²) in [5, 5.41) is 26.4. The summed E-state index contributed by atoms with van der Waals surface area (Å²) in [5.41, 5.74) is -1.45. The maximum atomic E-state index is 15.0. The highest BCUT2D eigenvalue weighted by molar-refractivity contribution is 8.00. The third-order valence-corrected chi connectivity index (χ3v) is 9.28. The summed E-state index contributed by atoms with van der Waals surface area (Å²) in [6, 6.07) is -0.431. The summed E-state index contributed by atoms with van der Waals surface area (Å²) < 4.78 is 42.0. The van der Waals surface area contributed by atoms with Crippen LogP contribution in [0.4, 0.5) is 8.78 Å². The molecule has 4 rings (SSSR count). The van der Waals surface area contributed by atoms with Crippen LogP contribution in [0.1, 0.15) is 51.9 Å². The summed E-state index contributed by atoms with van der Waals surface area (Å²) in [6.45, 7) is 2.76. The molecule has 1 saturated heterocycles. The van der Waals surface area contributed by atoms with Crippen LogP contribution < -0.4 is 0 Å². The van der Waals surface area contributed by atoms with Crippen LogP contribution in [0.5, 0.6) is 0 Å². The van der Waals surface area contributed by atoms with Crippen LogP contribution in [0.25, 0.3) is 0 Å². The molecule has 1 aliphatic heterocycles. The lowest BCUT2D eigenvalue weighted by atomic mass is 9.73. The summed E-state index contributed by atoms with van der Waals surface area (Å²) >= 11 is 1.49. The Morgan fingerprint density at radius 2 is 1.94 bits per heavy atom. The molecule has 5 unspecified atom stereocenters. The van der Waals surface area contributed by atoms with Gasteiger partial charge in [0.1, 0.15) is 30.6 Å². The van der Waals surface area contributed by atoms with Crippen molar-refractivity contribution in [2.24, 2.45) is 11.8 Å². The first-order valence-electron chi connectivity index (χ1n) is 12.8. The molecule has 1 aromatic heterocycles. The molecule has 5 atom stereocenters. The zero-order valence-electron chi connectivity index (χ0n) is 20.5. The van der Waals surface area contributed by atoms with E-state index < -0.39 is 36.2 Å². The topological polar surface area (TPSA) is 113 Å². The van der Waals surface area contributed by atoms with Crippen LogP contribution >= 0.6 is 11.8 Å². The molecule has 3 fully saturated rings. The highest BCUT2D eigenvalue weighted by atomic mass is 32.2. The van der Waals surface area contributed by atoms with E-state index in [1.807, 2.05) is 19.1 Å². The van der Waals surface area contributed by atoms with Crippen molar-refractivity contribution in [2.45, 2.75) is 99.2 Å². The Bertz CT molecular complexity index is 865. The third kappa shape index (κ3) is 6.81. The molecule has 0 aromatic carbocycles. The number of rotatable bonds is 9. The summed E-state index contributed by atoms with van der Waals surface area (Å²) in [7, 11) is 0. The van der Waals surface area contributed by atoms with Crippen molar-refractivity contribution in [3.63, 3.8) is 0 Å². The number of thioether (sulfide) groups is 1. The molecule has 1 N–H and O–H groups in total. The SMILES string of the molecule is CC(SC1COC(/C=C/C2CCC([N+](=O)[O-])CC2)OC1)C(O)(Cn1cncn1)C1CCC(F)CC1F. The second-order valence-corrected chi connectivity index (χ2v) is 11.9. The van der Waals surface area contributed by atoms with E-state index in [1.165, 1.54) is 29.1 Å². The van der Waals surface area contributed by atoms with E-state index in [9.17, 15) is 24.0 Å². The maximum Gasteiger partial charge on any atom is 0.213 e. The van der Waals surface area contributed by atoms with Gasteiger partial charge < -0.3 is 14.6 Å². The van der Waals surface area contributed by atoms with Gasteiger partial charge in [0.15, 0.2) is 6.29 Å². The number of aromatic nitrogens is 3. The lowest BCUT2D eigenvalue weighted by molar-refractivity contribution is -0.526. The molecule has 2 heterocycles. The number of alkyl halides is 2. The van der Waals surface area contributed by atoms with E-state index in [0.29, 0.717) is 32.0 Å². The Morgan fingerprint density at radius 1 is 1.22 bits per heavy atom. The predicted octanol–water partition coefficient (Wildman–Crippen LogP) is 3.74. The van der Waals surface area contributed by atoms with Crippen LogP contribution in [-0.4, -0.2) is 78.8 Å². The fourth-order valence-electron chi connectivity index (χ4n) is 5.60. The first kappa shape index (κ1) is 27.4. The normalized spacial score (nSPS) is 36.4. The average Bonchev–Trinajstić information content (AvgIpc) is 3.36. The molecule has 3 aliphatic rings. The molecule has 202 valence electrons. The predicted molar refractivity (Wildman–Crippen MR) is 131 cm³/mol. The quantitative estimate of drug-likeness (QED) is 0.292. The second-order valence-electron chi connectivity index (χ2n) is 10.3. The molecule has 1 aromatic rings. The van der Waals surface area contributed by atoms with Gasteiger partial charge in [-0.3, -0.25) is 14.8 Å². The molecular weight excluding hydrogens is 494 g/mol. The van der Waals surface area contributed by atoms with Gasteiger partial charge in [0.25, 0.3) is 0 Å². The molecule has 12 heteroatoms. The maximum absolute atomic E-state index is 15.0. The Kier molecular flexibility index (Phi) is 9.35. The Labute approximate surface area is 214 Å². The first-order valence-corrected chi connectivity index (χ1v) is 13.7. The highest BCUT2D eigenvalue weighted by Crippen LogP contribution is 2.43. The van der Waals surface area contributed by atoms with Crippen molar-refractivity contribution < 1.29 is 28.3 Å². The van der Waals surface area contributed by atoms with E-state index in [0.717, 1.165) is 12.8 Å². The Morgan fingerprint density at radius 3 is 2.56 bits per heavy atom. The number of allylic oxidation sites excluding steroid dienone is 1. The monoisotopic (exact) mass is 530 g/mol. The van der Waals surface area contributed by atoms with Crippen molar-refractivity contribution in [1.82, 2.24) is 14.8 Å². The fraction of sp³-hybridized carbons (Fsp3) is 0.833. The summed E-state index contributed by atoms with van der Waals surface area (Å²) in [6.07, 6.45) is 6.76. The lowest BCUT2D eigenvalue weighted by Gasteiger charge is -2.45. The van der Waals surface area contributed by atoms with Crippen molar-refractivity contribution in [3.05, 3.63) is 34.9 Å². The van der Waals surface area contributed by atoms with Gasteiger partial charge in [0.2, 0.25) is 6.04 Å². The zero-order valence-corrected chi connectivity index (χ0v) is 21.3. The van der Waals surface area contributed by atoms with Crippen LogP contribution in [0.2, 0.25) is 0 Å².